The summed E-state index contributed by atoms with van der Waals surface area (Å²) in [6.45, 7) is 1.55. The summed E-state index contributed by atoms with van der Waals surface area (Å²) in [5.41, 5.74) is 3.51. The summed E-state index contributed by atoms with van der Waals surface area (Å²) < 4.78 is 1.89. The maximum atomic E-state index is 9.44. The van der Waals surface area contributed by atoms with Crippen molar-refractivity contribution in [3.63, 3.8) is 0 Å². The average molecular weight is 327 g/mol. The van der Waals surface area contributed by atoms with Gasteiger partial charge in [-0.2, -0.15) is 15.6 Å². The van der Waals surface area contributed by atoms with Crippen molar-refractivity contribution in [1.82, 2.24) is 14.7 Å². The summed E-state index contributed by atoms with van der Waals surface area (Å²) in [4.78, 5) is 1.81. The first-order chi connectivity index (χ1) is 12.3. The lowest BCUT2D eigenvalue weighted by Crippen LogP contribution is -2.29. The number of hydrogen-bond acceptors (Lipinski definition) is 4. The average Bonchev–Trinajstić information content (AvgIpc) is 3.07. The highest BCUT2D eigenvalue weighted by Crippen LogP contribution is 2.33. The third kappa shape index (κ3) is 2.60. The molecule has 2 heterocycles. The van der Waals surface area contributed by atoms with Gasteiger partial charge in [-0.1, -0.05) is 30.3 Å². The van der Waals surface area contributed by atoms with Gasteiger partial charge in [-0.3, -0.25) is 0 Å². The maximum absolute atomic E-state index is 9.44. The highest BCUT2D eigenvalue weighted by atomic mass is 15.3. The second-order valence-corrected chi connectivity index (χ2v) is 6.30. The quantitative estimate of drug-likeness (QED) is 0.675. The van der Waals surface area contributed by atoms with E-state index in [2.05, 4.69) is 18.3 Å². The van der Waals surface area contributed by atoms with Crippen LogP contribution in [0.3, 0.4) is 0 Å². The minimum absolute atomic E-state index is 0.338. The van der Waals surface area contributed by atoms with E-state index in [1.54, 1.807) is 4.90 Å². The molecular formula is C20H17N5. The monoisotopic (exact) mass is 327 g/mol. The molecule has 1 fully saturated rings. The van der Waals surface area contributed by atoms with E-state index in [0.29, 0.717) is 11.5 Å². The summed E-state index contributed by atoms with van der Waals surface area (Å²) in [5, 5.41) is 24.5. The number of nitrogens with zero attached hydrogens (tertiary/aromatic N) is 5. The second-order valence-electron chi connectivity index (χ2n) is 6.30. The molecular weight excluding hydrogens is 310 g/mol. The van der Waals surface area contributed by atoms with E-state index in [9.17, 15) is 5.26 Å². The Bertz CT molecular complexity index is 997. The van der Waals surface area contributed by atoms with Gasteiger partial charge in [0, 0.05) is 24.4 Å². The number of hydrogen-bond donors (Lipinski definition) is 0. The molecule has 2 aromatic carbocycles. The molecule has 4 rings (SSSR count). The van der Waals surface area contributed by atoms with Crippen molar-refractivity contribution in [1.29, 1.82) is 10.5 Å². The lowest BCUT2D eigenvalue weighted by molar-refractivity contribution is 0.293. The molecule has 5 heteroatoms. The molecule has 122 valence electrons. The molecule has 1 aromatic heterocycles. The zero-order valence-corrected chi connectivity index (χ0v) is 13.8. The summed E-state index contributed by atoms with van der Waals surface area (Å²) in [5.74, 6) is 0.338. The van der Waals surface area contributed by atoms with E-state index < -0.39 is 0 Å². The van der Waals surface area contributed by atoms with Crippen LogP contribution in [-0.2, 0) is 0 Å². The first-order valence-electron chi connectivity index (χ1n) is 8.43. The second kappa shape index (κ2) is 6.30. The largest absolute Gasteiger partial charge is 0.311 e. The van der Waals surface area contributed by atoms with E-state index in [4.69, 9.17) is 10.4 Å². The standard InChI is InChI=1S/C20H17N5/c21-13-16-5-1-3-7-18(16)25-19-8-4-2-6-17(19)20(23-25)15-9-11-24(14-22)12-10-15/h1-8,15H,9-12H2. The Morgan fingerprint density at radius 1 is 0.960 bits per heavy atom. The first kappa shape index (κ1) is 15.2. The fourth-order valence-electron chi connectivity index (χ4n) is 3.58. The van der Waals surface area contributed by atoms with Crippen LogP contribution in [-0.4, -0.2) is 27.8 Å². The molecule has 1 aliphatic heterocycles. The highest BCUT2D eigenvalue weighted by molar-refractivity contribution is 5.84. The van der Waals surface area contributed by atoms with Gasteiger partial charge >= 0.3 is 0 Å². The number of likely N-dealkylation sites (tertiary alicyclic amines) is 1. The van der Waals surface area contributed by atoms with E-state index in [1.165, 1.54) is 0 Å². The molecule has 25 heavy (non-hydrogen) atoms. The predicted octanol–water partition coefficient (Wildman–Crippen LogP) is 3.56. The number of para-hydroxylation sites is 2. The van der Waals surface area contributed by atoms with Gasteiger partial charge in [-0.25, -0.2) is 4.68 Å². The van der Waals surface area contributed by atoms with Gasteiger partial charge in [0.1, 0.15) is 6.07 Å². The Labute approximate surface area is 146 Å². The van der Waals surface area contributed by atoms with Gasteiger partial charge in [0.15, 0.2) is 6.19 Å². The van der Waals surface area contributed by atoms with Crippen LogP contribution in [0.1, 0.15) is 30.0 Å². The lowest BCUT2D eigenvalue weighted by atomic mass is 9.92. The lowest BCUT2D eigenvalue weighted by Gasteiger charge is -2.27. The van der Waals surface area contributed by atoms with Crippen LogP contribution in [0, 0.1) is 22.8 Å². The topological polar surface area (TPSA) is 68.6 Å². The summed E-state index contributed by atoms with van der Waals surface area (Å²) in [7, 11) is 0. The van der Waals surface area contributed by atoms with Crippen molar-refractivity contribution in [2.45, 2.75) is 18.8 Å². The number of benzene rings is 2. The third-order valence-electron chi connectivity index (χ3n) is 4.89. The molecule has 0 aliphatic carbocycles. The minimum Gasteiger partial charge on any atom is -0.311 e. The Balaban J connectivity index is 1.83. The Morgan fingerprint density at radius 3 is 2.44 bits per heavy atom. The summed E-state index contributed by atoms with van der Waals surface area (Å²) >= 11 is 0. The molecule has 0 N–H and O–H groups in total. The van der Waals surface area contributed by atoms with Gasteiger partial charge in [-0.05, 0) is 31.0 Å². The Hall–Kier alpha value is -3.31. The van der Waals surface area contributed by atoms with Gasteiger partial charge in [-0.15, -0.1) is 0 Å². The first-order valence-corrected chi connectivity index (χ1v) is 8.43. The number of aromatic nitrogens is 2. The molecule has 0 amide bonds. The van der Waals surface area contributed by atoms with Crippen molar-refractivity contribution in [2.24, 2.45) is 0 Å². The van der Waals surface area contributed by atoms with Gasteiger partial charge in [0.05, 0.1) is 22.5 Å². The van der Waals surface area contributed by atoms with E-state index in [1.807, 2.05) is 47.1 Å². The van der Waals surface area contributed by atoms with Crippen LogP contribution in [0.15, 0.2) is 48.5 Å². The number of nitriles is 2. The van der Waals surface area contributed by atoms with Crippen molar-refractivity contribution >= 4 is 10.9 Å². The van der Waals surface area contributed by atoms with Crippen LogP contribution in [0.4, 0.5) is 0 Å². The molecule has 0 saturated carbocycles. The van der Waals surface area contributed by atoms with E-state index >= 15 is 0 Å². The molecule has 0 spiro atoms. The van der Waals surface area contributed by atoms with Crippen molar-refractivity contribution < 1.29 is 0 Å². The molecule has 0 bridgehead atoms. The molecule has 1 aliphatic rings. The number of piperidine rings is 1. The molecule has 0 atom stereocenters. The van der Waals surface area contributed by atoms with E-state index in [-0.39, 0.29) is 0 Å². The number of rotatable bonds is 2. The Morgan fingerprint density at radius 2 is 1.68 bits per heavy atom. The minimum atomic E-state index is 0.338. The van der Waals surface area contributed by atoms with Crippen LogP contribution in [0.2, 0.25) is 0 Å². The SMILES string of the molecule is N#Cc1ccccc1-n1nc(C2CCN(C#N)CC2)c2ccccc21. The maximum Gasteiger partial charge on any atom is 0.179 e. The molecule has 0 radical (unpaired) electrons. The smallest absolute Gasteiger partial charge is 0.179 e. The fourth-order valence-corrected chi connectivity index (χ4v) is 3.58. The Kier molecular flexibility index (Phi) is 3.84. The zero-order chi connectivity index (χ0) is 17.2. The summed E-state index contributed by atoms with van der Waals surface area (Å²) in [6, 6.07) is 18.0. The van der Waals surface area contributed by atoms with E-state index in [0.717, 1.165) is 48.2 Å². The van der Waals surface area contributed by atoms with Crippen molar-refractivity contribution in [2.75, 3.05) is 13.1 Å². The van der Waals surface area contributed by atoms with Crippen LogP contribution < -0.4 is 0 Å². The molecule has 1 saturated heterocycles. The van der Waals surface area contributed by atoms with Crippen LogP contribution in [0.5, 0.6) is 0 Å². The van der Waals surface area contributed by atoms with Gasteiger partial charge < -0.3 is 4.90 Å². The molecule has 0 unspecified atom stereocenters. The fraction of sp³-hybridized carbons (Fsp3) is 0.250. The van der Waals surface area contributed by atoms with Crippen molar-refractivity contribution in [3.05, 3.63) is 59.8 Å². The molecule has 5 nitrogen and oxygen atoms in total. The number of fused-ring (bicyclic) bond motifs is 1. The van der Waals surface area contributed by atoms with Gasteiger partial charge in [0.25, 0.3) is 0 Å². The normalized spacial score (nSPS) is 15.0. The summed E-state index contributed by atoms with van der Waals surface area (Å²) in [6.07, 6.45) is 4.08. The molecule has 3 aromatic rings. The third-order valence-corrected chi connectivity index (χ3v) is 4.89. The highest BCUT2D eigenvalue weighted by Gasteiger charge is 2.25. The van der Waals surface area contributed by atoms with Crippen LogP contribution >= 0.6 is 0 Å². The predicted molar refractivity (Wildman–Crippen MR) is 94.9 cm³/mol. The van der Waals surface area contributed by atoms with Gasteiger partial charge in [0.2, 0.25) is 0 Å². The van der Waals surface area contributed by atoms with Crippen molar-refractivity contribution in [3.8, 4) is 17.9 Å². The zero-order valence-electron chi connectivity index (χ0n) is 13.8. The van der Waals surface area contributed by atoms with Crippen LogP contribution in [0.25, 0.3) is 16.6 Å².